The number of hydrogen-bond acceptors (Lipinski definition) is 5. The van der Waals surface area contributed by atoms with E-state index in [4.69, 9.17) is 4.98 Å². The fraction of sp³-hybridized carbons (Fsp3) is 0.536. The highest BCUT2D eigenvalue weighted by Gasteiger charge is 2.37. The minimum Gasteiger partial charge on any atom is -0.298 e. The molecule has 7 nitrogen and oxygen atoms in total. The van der Waals surface area contributed by atoms with Gasteiger partial charge in [-0.2, -0.15) is 5.26 Å². The van der Waals surface area contributed by atoms with Crippen LogP contribution in [0.5, 0.6) is 0 Å². The zero-order chi connectivity index (χ0) is 24.9. The van der Waals surface area contributed by atoms with E-state index in [0.717, 1.165) is 43.0 Å². The molecule has 7 heteroatoms. The van der Waals surface area contributed by atoms with Crippen molar-refractivity contribution in [2.45, 2.75) is 65.7 Å². The molecule has 3 aromatic rings. The third-order valence-electron chi connectivity index (χ3n) is 7.64. The second-order valence-electron chi connectivity index (χ2n) is 11.4. The number of imidazole rings is 1. The Morgan fingerprint density at radius 1 is 1.09 bits per heavy atom. The summed E-state index contributed by atoms with van der Waals surface area (Å²) < 4.78 is 3.42. The molecular weight excluding hydrogens is 436 g/mol. The lowest BCUT2D eigenvalue weighted by molar-refractivity contribution is -0.0222. The SMILES string of the molecule is CCN1CC2CCC1CN2Cc1ccc(C#N)c(-c2ccc3c(n2)n(C)c(=O)n3CC(C)(C)C)c1. The molecule has 3 saturated heterocycles. The van der Waals surface area contributed by atoms with Gasteiger partial charge in [0.1, 0.15) is 0 Å². The van der Waals surface area contributed by atoms with Crippen LogP contribution in [-0.2, 0) is 20.1 Å². The summed E-state index contributed by atoms with van der Waals surface area (Å²) in [6, 6.07) is 13.6. The Morgan fingerprint density at radius 3 is 2.43 bits per heavy atom. The lowest BCUT2D eigenvalue weighted by Crippen LogP contribution is -2.61. The van der Waals surface area contributed by atoms with Gasteiger partial charge >= 0.3 is 5.69 Å². The summed E-state index contributed by atoms with van der Waals surface area (Å²) in [5.74, 6) is 0. The van der Waals surface area contributed by atoms with Crippen molar-refractivity contribution in [3.05, 3.63) is 51.9 Å². The average Bonchev–Trinajstić information content (AvgIpc) is 3.07. The molecule has 0 amide bonds. The van der Waals surface area contributed by atoms with Gasteiger partial charge in [-0.25, -0.2) is 9.78 Å². The molecule has 3 aliphatic rings. The average molecular weight is 473 g/mol. The third kappa shape index (κ3) is 4.41. The Labute approximate surface area is 207 Å². The molecule has 3 fully saturated rings. The van der Waals surface area contributed by atoms with Crippen LogP contribution in [0.15, 0.2) is 35.1 Å². The maximum Gasteiger partial charge on any atom is 0.330 e. The van der Waals surface area contributed by atoms with Crippen molar-refractivity contribution >= 4 is 11.2 Å². The van der Waals surface area contributed by atoms with Crippen LogP contribution in [0.1, 0.15) is 51.7 Å². The Morgan fingerprint density at radius 2 is 1.80 bits per heavy atom. The van der Waals surface area contributed by atoms with Crippen LogP contribution in [0.25, 0.3) is 22.4 Å². The summed E-state index contributed by atoms with van der Waals surface area (Å²) >= 11 is 0. The van der Waals surface area contributed by atoms with Crippen LogP contribution < -0.4 is 5.69 Å². The summed E-state index contributed by atoms with van der Waals surface area (Å²) in [6.07, 6.45) is 2.56. The number of nitriles is 1. The van der Waals surface area contributed by atoms with Crippen molar-refractivity contribution in [3.8, 4) is 17.3 Å². The number of rotatable bonds is 5. The predicted octanol–water partition coefficient (Wildman–Crippen LogP) is 3.99. The number of piperidine rings is 2. The summed E-state index contributed by atoms with van der Waals surface area (Å²) in [6.45, 7) is 13.5. The smallest absolute Gasteiger partial charge is 0.298 e. The first-order valence-corrected chi connectivity index (χ1v) is 12.8. The Hall–Kier alpha value is -2.95. The van der Waals surface area contributed by atoms with E-state index < -0.39 is 0 Å². The number of nitrogens with zero attached hydrogens (tertiary/aromatic N) is 6. The van der Waals surface area contributed by atoms with E-state index in [0.29, 0.717) is 29.8 Å². The van der Waals surface area contributed by atoms with Gasteiger partial charge < -0.3 is 0 Å². The first-order chi connectivity index (χ1) is 16.7. The highest BCUT2D eigenvalue weighted by Crippen LogP contribution is 2.31. The number of aromatic nitrogens is 3. The van der Waals surface area contributed by atoms with Gasteiger partial charge in [0.2, 0.25) is 0 Å². The lowest BCUT2D eigenvalue weighted by atomic mass is 9.90. The van der Waals surface area contributed by atoms with Crippen LogP contribution >= 0.6 is 0 Å². The quantitative estimate of drug-likeness (QED) is 0.562. The maximum absolute atomic E-state index is 12.9. The highest BCUT2D eigenvalue weighted by atomic mass is 16.1. The minimum absolute atomic E-state index is 0.0266. The molecule has 35 heavy (non-hydrogen) atoms. The van der Waals surface area contributed by atoms with E-state index in [1.807, 2.05) is 18.2 Å². The van der Waals surface area contributed by atoms with Crippen molar-refractivity contribution < 1.29 is 0 Å². The molecule has 0 radical (unpaired) electrons. The second-order valence-corrected chi connectivity index (χ2v) is 11.4. The van der Waals surface area contributed by atoms with Crippen LogP contribution in [0.2, 0.25) is 0 Å². The number of fused-ring (bicyclic) bond motifs is 4. The van der Waals surface area contributed by atoms with Crippen LogP contribution in [0, 0.1) is 16.7 Å². The van der Waals surface area contributed by atoms with Crippen molar-refractivity contribution in [1.29, 1.82) is 5.26 Å². The van der Waals surface area contributed by atoms with E-state index in [2.05, 4.69) is 55.7 Å². The largest absolute Gasteiger partial charge is 0.330 e. The number of likely N-dealkylation sites (N-methyl/N-ethyl adjacent to an activating group) is 1. The van der Waals surface area contributed by atoms with Crippen LogP contribution in [0.4, 0.5) is 0 Å². The minimum atomic E-state index is -0.0601. The van der Waals surface area contributed by atoms with Gasteiger partial charge in [-0.1, -0.05) is 33.8 Å². The van der Waals surface area contributed by atoms with Gasteiger partial charge in [-0.15, -0.1) is 0 Å². The molecule has 0 saturated carbocycles. The topological polar surface area (TPSA) is 70.1 Å². The van der Waals surface area contributed by atoms with Gasteiger partial charge in [0.05, 0.1) is 22.8 Å². The zero-order valence-corrected chi connectivity index (χ0v) is 21.6. The van der Waals surface area contributed by atoms with E-state index in [9.17, 15) is 10.1 Å². The van der Waals surface area contributed by atoms with E-state index >= 15 is 0 Å². The van der Waals surface area contributed by atoms with Gasteiger partial charge in [0.15, 0.2) is 5.65 Å². The molecular formula is C28H36N6O. The second kappa shape index (κ2) is 8.92. The van der Waals surface area contributed by atoms with E-state index in [-0.39, 0.29) is 11.1 Å². The number of pyridine rings is 1. The fourth-order valence-electron chi connectivity index (χ4n) is 5.87. The standard InChI is InChI=1S/C28H36N6O/c1-6-32-16-22-10-9-21(32)17-33(22)15-19-7-8-20(14-29)23(13-19)24-11-12-25-26(30-24)31(5)27(35)34(25)18-28(2,3)4/h7-8,11-13,21-22H,6,9-10,15-18H2,1-5H3. The lowest BCUT2D eigenvalue weighted by Gasteiger charge is -2.51. The molecule has 2 unspecified atom stereocenters. The Kier molecular flexibility index (Phi) is 6.06. The molecule has 6 rings (SSSR count). The van der Waals surface area contributed by atoms with E-state index in [1.165, 1.54) is 18.4 Å². The molecule has 2 atom stereocenters. The molecule has 2 aromatic heterocycles. The van der Waals surface area contributed by atoms with Crippen molar-refractivity contribution in [2.24, 2.45) is 12.5 Å². The number of aryl methyl sites for hydroxylation is 1. The summed E-state index contributed by atoms with van der Waals surface area (Å²) in [5.41, 5.74) is 4.77. The molecule has 5 heterocycles. The number of benzene rings is 1. The molecule has 1 aromatic carbocycles. The van der Waals surface area contributed by atoms with Crippen molar-refractivity contribution in [3.63, 3.8) is 0 Å². The summed E-state index contributed by atoms with van der Waals surface area (Å²) in [5, 5.41) is 9.82. The first-order valence-electron chi connectivity index (χ1n) is 12.8. The van der Waals surface area contributed by atoms with Gasteiger partial charge in [0, 0.05) is 50.9 Å². The maximum atomic E-state index is 12.9. The zero-order valence-electron chi connectivity index (χ0n) is 21.6. The summed E-state index contributed by atoms with van der Waals surface area (Å²) in [4.78, 5) is 23.1. The molecule has 2 bridgehead atoms. The Bertz CT molecular complexity index is 1350. The number of piperazine rings is 1. The van der Waals surface area contributed by atoms with Crippen molar-refractivity contribution in [1.82, 2.24) is 23.9 Å². The predicted molar refractivity (Wildman–Crippen MR) is 139 cm³/mol. The fourth-order valence-corrected chi connectivity index (χ4v) is 5.87. The highest BCUT2D eigenvalue weighted by molar-refractivity contribution is 5.78. The molecule has 0 aliphatic carbocycles. The van der Waals surface area contributed by atoms with Crippen molar-refractivity contribution in [2.75, 3.05) is 19.6 Å². The molecule has 0 N–H and O–H groups in total. The number of hydrogen-bond donors (Lipinski definition) is 0. The third-order valence-corrected chi connectivity index (χ3v) is 7.64. The van der Waals surface area contributed by atoms with Crippen LogP contribution in [0.3, 0.4) is 0 Å². The molecule has 3 aliphatic heterocycles. The van der Waals surface area contributed by atoms with Gasteiger partial charge in [-0.05, 0) is 54.6 Å². The first kappa shape index (κ1) is 23.8. The summed E-state index contributed by atoms with van der Waals surface area (Å²) in [7, 11) is 1.77. The Balaban J connectivity index is 1.48. The van der Waals surface area contributed by atoms with Gasteiger partial charge in [0.25, 0.3) is 0 Å². The van der Waals surface area contributed by atoms with Gasteiger partial charge in [-0.3, -0.25) is 18.9 Å². The van der Waals surface area contributed by atoms with E-state index in [1.54, 1.807) is 16.2 Å². The molecule has 0 spiro atoms. The van der Waals surface area contributed by atoms with Crippen LogP contribution in [-0.4, -0.2) is 55.6 Å². The molecule has 184 valence electrons. The normalized spacial score (nSPS) is 21.0. The monoisotopic (exact) mass is 472 g/mol.